The molecule has 2 rings (SSSR count). The molecular weight excluding hydrogens is 296 g/mol. The lowest BCUT2D eigenvalue weighted by molar-refractivity contribution is 0.830. The van der Waals surface area contributed by atoms with Gasteiger partial charge in [-0.2, -0.15) is 5.10 Å². The zero-order chi connectivity index (χ0) is 17.4. The van der Waals surface area contributed by atoms with Crippen molar-refractivity contribution in [2.45, 2.75) is 59.8 Å². The van der Waals surface area contributed by atoms with Crippen molar-refractivity contribution in [3.63, 3.8) is 0 Å². The van der Waals surface area contributed by atoms with E-state index in [1.807, 2.05) is 6.92 Å². The summed E-state index contributed by atoms with van der Waals surface area (Å²) in [7, 11) is 0. The Labute approximate surface area is 145 Å². The van der Waals surface area contributed by atoms with Crippen LogP contribution in [0.15, 0.2) is 35.4 Å². The third-order valence-electron chi connectivity index (χ3n) is 3.95. The Hall–Kier alpha value is -2.23. The summed E-state index contributed by atoms with van der Waals surface area (Å²) in [5.74, 6) is 0.592. The normalized spacial score (nSPS) is 11.6. The topological polar surface area (TPSA) is 50.2 Å². The van der Waals surface area contributed by atoms with E-state index in [1.54, 1.807) is 0 Å². The average molecular weight is 324 g/mol. The number of hydrogen-bond donors (Lipinski definition) is 1. The lowest BCUT2D eigenvalue weighted by Crippen LogP contribution is -2.06. The van der Waals surface area contributed by atoms with Crippen LogP contribution in [0.3, 0.4) is 0 Å². The van der Waals surface area contributed by atoms with E-state index in [-0.39, 0.29) is 0 Å². The molecule has 128 valence electrons. The number of aromatic nitrogens is 2. The van der Waals surface area contributed by atoms with Gasteiger partial charge in [0.25, 0.3) is 0 Å². The highest BCUT2D eigenvalue weighted by molar-refractivity contribution is 5.99. The lowest BCUT2D eigenvalue weighted by Gasteiger charge is -2.08. The van der Waals surface area contributed by atoms with Crippen molar-refractivity contribution < 1.29 is 0 Å². The monoisotopic (exact) mass is 324 g/mol. The molecule has 0 spiro atoms. The van der Waals surface area contributed by atoms with Gasteiger partial charge in [-0.1, -0.05) is 57.9 Å². The molecule has 0 amide bonds. The van der Waals surface area contributed by atoms with E-state index in [0.29, 0.717) is 5.95 Å². The standard InChI is InChI=1S/C20H28N4/c1-5-8-18-14-19(9-6-2)22-20(21-18)24-23-15(4)17-12-10-16(7-3)11-13-17/h10-14H,5-9H2,1-4H3,(H,21,22,24). The summed E-state index contributed by atoms with van der Waals surface area (Å²) in [4.78, 5) is 9.14. The Balaban J connectivity index is 2.15. The van der Waals surface area contributed by atoms with Crippen molar-refractivity contribution in [1.29, 1.82) is 0 Å². The van der Waals surface area contributed by atoms with Crippen LogP contribution in [0, 0.1) is 0 Å². The Kier molecular flexibility index (Phi) is 6.91. The molecule has 0 atom stereocenters. The molecular formula is C20H28N4. The highest BCUT2D eigenvalue weighted by Crippen LogP contribution is 2.11. The van der Waals surface area contributed by atoms with Crippen molar-refractivity contribution in [3.05, 3.63) is 52.8 Å². The van der Waals surface area contributed by atoms with Gasteiger partial charge in [0.1, 0.15) is 0 Å². The zero-order valence-electron chi connectivity index (χ0n) is 15.3. The fraction of sp³-hybridized carbons (Fsp3) is 0.450. The molecule has 1 heterocycles. The van der Waals surface area contributed by atoms with E-state index in [0.717, 1.165) is 54.8 Å². The molecule has 4 heteroatoms. The molecule has 0 radical (unpaired) electrons. The first kappa shape index (κ1) is 18.1. The van der Waals surface area contributed by atoms with E-state index < -0.39 is 0 Å². The molecule has 1 aromatic heterocycles. The average Bonchev–Trinajstić information content (AvgIpc) is 2.60. The number of aryl methyl sites for hydroxylation is 3. The van der Waals surface area contributed by atoms with Crippen molar-refractivity contribution in [2.75, 3.05) is 5.43 Å². The molecule has 1 aromatic carbocycles. The summed E-state index contributed by atoms with van der Waals surface area (Å²) in [5.41, 5.74) is 8.57. The minimum absolute atomic E-state index is 0.592. The Morgan fingerprint density at radius 3 is 2.04 bits per heavy atom. The molecule has 0 unspecified atom stereocenters. The van der Waals surface area contributed by atoms with Crippen LogP contribution in [-0.2, 0) is 19.3 Å². The van der Waals surface area contributed by atoms with E-state index in [9.17, 15) is 0 Å². The van der Waals surface area contributed by atoms with Gasteiger partial charge in [-0.05, 0) is 43.4 Å². The van der Waals surface area contributed by atoms with Crippen LogP contribution in [0.4, 0.5) is 5.95 Å². The SMILES string of the molecule is CCCc1cc(CCC)nc(NN=C(C)c2ccc(CC)cc2)n1. The summed E-state index contributed by atoms with van der Waals surface area (Å²) >= 11 is 0. The van der Waals surface area contributed by atoms with E-state index in [2.05, 4.69) is 71.6 Å². The number of benzene rings is 1. The summed E-state index contributed by atoms with van der Waals surface area (Å²) in [5, 5.41) is 4.46. The van der Waals surface area contributed by atoms with E-state index >= 15 is 0 Å². The van der Waals surface area contributed by atoms with Gasteiger partial charge in [-0.3, -0.25) is 0 Å². The number of nitrogens with zero attached hydrogens (tertiary/aromatic N) is 3. The first-order chi connectivity index (χ1) is 11.7. The summed E-state index contributed by atoms with van der Waals surface area (Å²) in [6.45, 7) is 8.48. The van der Waals surface area contributed by atoms with Crippen LogP contribution < -0.4 is 5.43 Å². The first-order valence-corrected chi connectivity index (χ1v) is 8.92. The van der Waals surface area contributed by atoms with Crippen LogP contribution in [0.1, 0.15) is 63.1 Å². The van der Waals surface area contributed by atoms with E-state index in [4.69, 9.17) is 0 Å². The molecule has 2 aromatic rings. The fourth-order valence-electron chi connectivity index (χ4n) is 2.55. The third-order valence-corrected chi connectivity index (χ3v) is 3.95. The zero-order valence-corrected chi connectivity index (χ0v) is 15.3. The van der Waals surface area contributed by atoms with Crippen molar-refractivity contribution in [2.24, 2.45) is 5.10 Å². The van der Waals surface area contributed by atoms with Gasteiger partial charge < -0.3 is 0 Å². The van der Waals surface area contributed by atoms with Gasteiger partial charge in [0.05, 0.1) is 5.71 Å². The summed E-state index contributed by atoms with van der Waals surface area (Å²) in [6, 6.07) is 10.6. The molecule has 0 fully saturated rings. The largest absolute Gasteiger partial charge is 0.245 e. The van der Waals surface area contributed by atoms with Crippen LogP contribution in [0.5, 0.6) is 0 Å². The van der Waals surface area contributed by atoms with Gasteiger partial charge >= 0.3 is 0 Å². The van der Waals surface area contributed by atoms with Crippen molar-refractivity contribution in [3.8, 4) is 0 Å². The third kappa shape index (κ3) is 5.15. The van der Waals surface area contributed by atoms with Crippen LogP contribution in [0.2, 0.25) is 0 Å². The number of hydrogen-bond acceptors (Lipinski definition) is 4. The quantitative estimate of drug-likeness (QED) is 0.561. The molecule has 24 heavy (non-hydrogen) atoms. The smallest absolute Gasteiger partial charge is 0.243 e. The van der Waals surface area contributed by atoms with Crippen molar-refractivity contribution in [1.82, 2.24) is 9.97 Å². The summed E-state index contributed by atoms with van der Waals surface area (Å²) < 4.78 is 0. The highest BCUT2D eigenvalue weighted by Gasteiger charge is 2.04. The van der Waals surface area contributed by atoms with Crippen molar-refractivity contribution >= 4 is 11.7 Å². The number of anilines is 1. The Bertz CT molecular complexity index is 650. The fourth-order valence-corrected chi connectivity index (χ4v) is 2.55. The van der Waals surface area contributed by atoms with E-state index in [1.165, 1.54) is 5.56 Å². The molecule has 0 bridgehead atoms. The molecule has 0 aliphatic carbocycles. The molecule has 0 saturated carbocycles. The predicted molar refractivity (Wildman–Crippen MR) is 102 cm³/mol. The van der Waals surface area contributed by atoms with Gasteiger partial charge in [-0.25, -0.2) is 15.4 Å². The molecule has 4 nitrogen and oxygen atoms in total. The molecule has 0 aliphatic rings. The second-order valence-electron chi connectivity index (χ2n) is 6.03. The number of hydrazone groups is 1. The maximum absolute atomic E-state index is 4.57. The van der Waals surface area contributed by atoms with Gasteiger partial charge in [-0.15, -0.1) is 0 Å². The van der Waals surface area contributed by atoms with Gasteiger partial charge in [0.15, 0.2) is 0 Å². The summed E-state index contributed by atoms with van der Waals surface area (Å²) in [6.07, 6.45) is 5.14. The Morgan fingerprint density at radius 2 is 1.54 bits per heavy atom. The maximum Gasteiger partial charge on any atom is 0.243 e. The molecule has 0 aliphatic heterocycles. The Morgan fingerprint density at radius 1 is 0.958 bits per heavy atom. The second-order valence-corrected chi connectivity index (χ2v) is 6.03. The minimum Gasteiger partial charge on any atom is -0.245 e. The second kappa shape index (κ2) is 9.16. The number of rotatable bonds is 8. The van der Waals surface area contributed by atoms with Crippen LogP contribution in [0.25, 0.3) is 0 Å². The minimum atomic E-state index is 0.592. The predicted octanol–water partition coefficient (Wildman–Crippen LogP) is 4.78. The van der Waals surface area contributed by atoms with Gasteiger partial charge in [0, 0.05) is 11.4 Å². The lowest BCUT2D eigenvalue weighted by atomic mass is 10.1. The highest BCUT2D eigenvalue weighted by atomic mass is 15.4. The maximum atomic E-state index is 4.57. The van der Waals surface area contributed by atoms with Crippen LogP contribution >= 0.6 is 0 Å². The molecule has 1 N–H and O–H groups in total. The van der Waals surface area contributed by atoms with Gasteiger partial charge in [0.2, 0.25) is 5.95 Å². The van der Waals surface area contributed by atoms with Crippen LogP contribution in [-0.4, -0.2) is 15.7 Å². The number of nitrogens with one attached hydrogen (secondary N) is 1. The molecule has 0 saturated heterocycles. The first-order valence-electron chi connectivity index (χ1n) is 8.92.